The van der Waals surface area contributed by atoms with Gasteiger partial charge in [-0.15, -0.1) is 22.7 Å². The van der Waals surface area contributed by atoms with Crippen LogP contribution in [0.1, 0.15) is 41.7 Å². The number of carbonyl (C=O) groups is 3. The Kier molecular flexibility index (Phi) is 7.36. The van der Waals surface area contributed by atoms with Crippen LogP contribution < -0.4 is 10.9 Å². The van der Waals surface area contributed by atoms with E-state index in [0.717, 1.165) is 11.3 Å². The first kappa shape index (κ1) is 23.5. The van der Waals surface area contributed by atoms with Crippen LogP contribution in [-0.4, -0.2) is 45.1 Å². The van der Waals surface area contributed by atoms with E-state index in [1.807, 2.05) is 0 Å². The maximum Gasteiger partial charge on any atom is 0.348 e. The quantitative estimate of drug-likeness (QED) is 0.489. The molecule has 0 saturated carbocycles. The molecule has 0 radical (unpaired) electrons. The van der Waals surface area contributed by atoms with Gasteiger partial charge in [-0.05, 0) is 33.3 Å². The number of aryl methyl sites for hydroxylation is 1. The van der Waals surface area contributed by atoms with Crippen LogP contribution in [0.3, 0.4) is 0 Å². The second kappa shape index (κ2) is 10.0. The molecule has 3 aromatic heterocycles. The van der Waals surface area contributed by atoms with Crippen molar-refractivity contribution in [3.05, 3.63) is 38.2 Å². The van der Waals surface area contributed by atoms with Gasteiger partial charge >= 0.3 is 11.9 Å². The number of esters is 2. The van der Waals surface area contributed by atoms with Crippen molar-refractivity contribution in [3.8, 4) is 0 Å². The normalized spacial score (nSPS) is 11.0. The number of amides is 1. The number of rotatable bonds is 8. The highest BCUT2D eigenvalue weighted by Crippen LogP contribution is 2.27. The molecule has 0 aliphatic heterocycles. The van der Waals surface area contributed by atoms with E-state index in [1.165, 1.54) is 22.2 Å². The Morgan fingerprint density at radius 3 is 2.72 bits per heavy atom. The molecular formula is C20H22N4O6S2. The van der Waals surface area contributed by atoms with E-state index >= 15 is 0 Å². The average molecular weight is 479 g/mol. The summed E-state index contributed by atoms with van der Waals surface area (Å²) >= 11 is 2.25. The smallest absolute Gasteiger partial charge is 0.348 e. The van der Waals surface area contributed by atoms with E-state index in [4.69, 9.17) is 9.47 Å². The number of aromatic nitrogens is 3. The molecule has 1 N–H and O–H groups in total. The lowest BCUT2D eigenvalue weighted by molar-refractivity contribution is -0.142. The topological polar surface area (TPSA) is 129 Å². The summed E-state index contributed by atoms with van der Waals surface area (Å²) in [5, 5.41) is 4.85. The summed E-state index contributed by atoms with van der Waals surface area (Å²) in [6.07, 6.45) is 0.995. The largest absolute Gasteiger partial charge is 0.466 e. The number of ether oxygens (including phenoxy) is 2. The van der Waals surface area contributed by atoms with Gasteiger partial charge in [0.15, 0.2) is 5.13 Å². The van der Waals surface area contributed by atoms with E-state index in [0.29, 0.717) is 26.1 Å². The highest BCUT2D eigenvalue weighted by atomic mass is 32.1. The fourth-order valence-electron chi connectivity index (χ4n) is 2.85. The molecule has 0 aromatic carbocycles. The molecule has 0 spiro atoms. The third-order valence-electron chi connectivity index (χ3n) is 4.19. The molecule has 0 aliphatic carbocycles. The minimum atomic E-state index is -0.508. The summed E-state index contributed by atoms with van der Waals surface area (Å²) in [7, 11) is 0. The van der Waals surface area contributed by atoms with Crippen LogP contribution in [0.15, 0.2) is 16.5 Å². The molecule has 0 bridgehead atoms. The van der Waals surface area contributed by atoms with Crippen molar-refractivity contribution in [3.63, 3.8) is 0 Å². The lowest BCUT2D eigenvalue weighted by atomic mass is 10.2. The molecule has 0 aliphatic rings. The highest BCUT2D eigenvalue weighted by molar-refractivity contribution is 7.20. The van der Waals surface area contributed by atoms with Crippen LogP contribution in [0, 0.1) is 6.92 Å². The number of carbonyl (C=O) groups excluding carboxylic acids is 3. The molecule has 3 aromatic rings. The minimum Gasteiger partial charge on any atom is -0.466 e. The zero-order chi connectivity index (χ0) is 23.4. The van der Waals surface area contributed by atoms with Crippen LogP contribution in [0.5, 0.6) is 0 Å². The number of nitrogens with one attached hydrogen (secondary N) is 1. The van der Waals surface area contributed by atoms with Gasteiger partial charge in [0.2, 0.25) is 5.91 Å². The number of thiazole rings is 1. The van der Waals surface area contributed by atoms with Gasteiger partial charge in [-0.3, -0.25) is 19.0 Å². The molecule has 12 heteroatoms. The van der Waals surface area contributed by atoms with Crippen LogP contribution in [0.4, 0.5) is 5.13 Å². The average Bonchev–Trinajstić information content (AvgIpc) is 3.28. The number of thiophene rings is 1. The van der Waals surface area contributed by atoms with Gasteiger partial charge in [-0.1, -0.05) is 0 Å². The van der Waals surface area contributed by atoms with Gasteiger partial charge in [-0.25, -0.2) is 14.8 Å². The van der Waals surface area contributed by atoms with Crippen molar-refractivity contribution in [2.75, 3.05) is 11.9 Å². The molecule has 10 nitrogen and oxygen atoms in total. The van der Waals surface area contributed by atoms with Gasteiger partial charge in [-0.2, -0.15) is 0 Å². The number of hydrogen-bond donors (Lipinski definition) is 1. The van der Waals surface area contributed by atoms with Crippen molar-refractivity contribution in [1.29, 1.82) is 0 Å². The summed E-state index contributed by atoms with van der Waals surface area (Å²) in [5.41, 5.74) is 0.537. The van der Waals surface area contributed by atoms with Crippen molar-refractivity contribution in [2.45, 2.75) is 46.8 Å². The summed E-state index contributed by atoms with van der Waals surface area (Å²) in [5.74, 6) is -1.38. The van der Waals surface area contributed by atoms with Crippen LogP contribution >= 0.6 is 22.7 Å². The molecular weight excluding hydrogens is 456 g/mol. The third-order valence-corrected chi connectivity index (χ3v) is 6.17. The number of anilines is 1. The van der Waals surface area contributed by atoms with E-state index < -0.39 is 23.4 Å². The van der Waals surface area contributed by atoms with Gasteiger partial charge < -0.3 is 14.8 Å². The summed E-state index contributed by atoms with van der Waals surface area (Å²) in [6, 6.07) is 0. The Labute approximate surface area is 191 Å². The molecule has 0 unspecified atom stereocenters. The van der Waals surface area contributed by atoms with Crippen LogP contribution in [-0.2, 0) is 32.0 Å². The Balaban J connectivity index is 1.74. The fraction of sp³-hybridized carbons (Fsp3) is 0.400. The molecule has 0 atom stereocenters. The fourth-order valence-corrected chi connectivity index (χ4v) is 4.60. The molecule has 3 heterocycles. The molecule has 0 saturated heterocycles. The van der Waals surface area contributed by atoms with E-state index in [9.17, 15) is 19.2 Å². The summed E-state index contributed by atoms with van der Waals surface area (Å²) < 4.78 is 11.3. The predicted octanol–water partition coefficient (Wildman–Crippen LogP) is 2.53. The first-order chi connectivity index (χ1) is 15.2. The Morgan fingerprint density at radius 1 is 1.28 bits per heavy atom. The van der Waals surface area contributed by atoms with Gasteiger partial charge in [0.05, 0.1) is 36.5 Å². The predicted molar refractivity (Wildman–Crippen MR) is 120 cm³/mol. The van der Waals surface area contributed by atoms with E-state index in [2.05, 4.69) is 15.3 Å². The van der Waals surface area contributed by atoms with Crippen LogP contribution in [0.25, 0.3) is 10.2 Å². The maximum atomic E-state index is 12.9. The number of hydrogen-bond acceptors (Lipinski definition) is 10. The lowest BCUT2D eigenvalue weighted by Crippen LogP contribution is -2.28. The zero-order valence-electron chi connectivity index (χ0n) is 18.0. The van der Waals surface area contributed by atoms with Gasteiger partial charge in [0.25, 0.3) is 5.56 Å². The first-order valence-corrected chi connectivity index (χ1v) is 11.5. The van der Waals surface area contributed by atoms with Gasteiger partial charge in [0.1, 0.15) is 16.3 Å². The highest BCUT2D eigenvalue weighted by Gasteiger charge is 2.22. The SMILES string of the molecule is CCOC(=O)Cc1csc(NC(=O)Cn2cnc3sc(C(=O)OC(C)C)c(C)c3c2=O)n1. The second-order valence-corrected chi connectivity index (χ2v) is 8.90. The van der Waals surface area contributed by atoms with E-state index in [-0.39, 0.29) is 31.1 Å². The van der Waals surface area contributed by atoms with Crippen molar-refractivity contribution >= 4 is 55.9 Å². The second-order valence-electron chi connectivity index (χ2n) is 7.04. The minimum absolute atomic E-state index is 0.0132. The van der Waals surface area contributed by atoms with Gasteiger partial charge in [0, 0.05) is 5.38 Å². The van der Waals surface area contributed by atoms with Crippen LogP contribution in [0.2, 0.25) is 0 Å². The Bertz CT molecular complexity index is 1230. The van der Waals surface area contributed by atoms with E-state index in [1.54, 1.807) is 33.1 Å². The van der Waals surface area contributed by atoms with Crippen molar-refractivity contribution in [1.82, 2.24) is 14.5 Å². The maximum absolute atomic E-state index is 12.9. The standard InChI is InChI=1S/C20H22N4O6S2/c1-5-29-14(26)6-12-8-31-20(22-12)23-13(25)7-24-9-21-17-15(18(24)27)11(4)16(32-17)19(28)30-10(2)3/h8-10H,5-7H2,1-4H3,(H,22,23,25). The summed E-state index contributed by atoms with van der Waals surface area (Å²) in [4.78, 5) is 58.3. The zero-order valence-corrected chi connectivity index (χ0v) is 19.6. The number of fused-ring (bicyclic) bond motifs is 1. The third kappa shape index (κ3) is 5.37. The Hall–Kier alpha value is -3.12. The lowest BCUT2D eigenvalue weighted by Gasteiger charge is -2.06. The first-order valence-electron chi connectivity index (χ1n) is 9.79. The Morgan fingerprint density at radius 2 is 2.03 bits per heavy atom. The molecule has 1 amide bonds. The summed E-state index contributed by atoms with van der Waals surface area (Å²) in [6.45, 7) is 6.86. The molecule has 0 fully saturated rings. The molecule has 32 heavy (non-hydrogen) atoms. The monoisotopic (exact) mass is 478 g/mol. The molecule has 170 valence electrons. The van der Waals surface area contributed by atoms with Crippen molar-refractivity contribution < 1.29 is 23.9 Å². The van der Waals surface area contributed by atoms with Crippen molar-refractivity contribution in [2.24, 2.45) is 0 Å². The number of nitrogens with zero attached hydrogens (tertiary/aromatic N) is 3. The molecule has 3 rings (SSSR count).